The maximum Gasteiger partial charge on any atom is 0.264 e. The Hall–Kier alpha value is -1.53. The first-order valence-electron chi connectivity index (χ1n) is 7.88. The van der Waals surface area contributed by atoms with Crippen LogP contribution >= 0.6 is 11.8 Å². The number of anilines is 1. The number of rotatable bonds is 2. The van der Waals surface area contributed by atoms with Crippen molar-refractivity contribution in [3.63, 3.8) is 0 Å². The van der Waals surface area contributed by atoms with Crippen molar-refractivity contribution in [2.75, 3.05) is 16.6 Å². The third kappa shape index (κ3) is 2.64. The van der Waals surface area contributed by atoms with Gasteiger partial charge in [-0.05, 0) is 61.1 Å². The van der Waals surface area contributed by atoms with Crippen molar-refractivity contribution in [3.05, 3.63) is 47.7 Å². The zero-order valence-electron chi connectivity index (χ0n) is 12.7. The summed E-state index contributed by atoms with van der Waals surface area (Å²) in [6.45, 7) is 0.489. The Balaban J connectivity index is 1.77. The molecule has 0 spiro atoms. The summed E-state index contributed by atoms with van der Waals surface area (Å²) in [6, 6.07) is 9.26. The lowest BCUT2D eigenvalue weighted by molar-refractivity contribution is 0.590. The second-order valence-corrected chi connectivity index (χ2v) is 8.84. The SMILES string of the molecule is O=S(=O)(c1ccc2c(c1)CCCC2)N1CCSc2ncccc21. The van der Waals surface area contributed by atoms with Crippen LogP contribution in [0.2, 0.25) is 0 Å². The Morgan fingerprint density at radius 3 is 2.78 bits per heavy atom. The van der Waals surface area contributed by atoms with Crippen LogP contribution in [-0.2, 0) is 22.9 Å². The minimum absolute atomic E-state index is 0.403. The van der Waals surface area contributed by atoms with Crippen LogP contribution in [-0.4, -0.2) is 25.7 Å². The van der Waals surface area contributed by atoms with Crippen LogP contribution in [0.1, 0.15) is 24.0 Å². The first-order valence-corrected chi connectivity index (χ1v) is 10.3. The largest absolute Gasteiger partial charge is 0.264 e. The van der Waals surface area contributed by atoms with Gasteiger partial charge >= 0.3 is 0 Å². The minimum Gasteiger partial charge on any atom is -0.263 e. The van der Waals surface area contributed by atoms with E-state index in [1.807, 2.05) is 18.2 Å². The molecule has 0 N–H and O–H groups in total. The number of nitrogens with zero attached hydrogens (tertiary/aromatic N) is 2. The number of hydrogen-bond donors (Lipinski definition) is 0. The molecule has 1 aliphatic carbocycles. The summed E-state index contributed by atoms with van der Waals surface area (Å²) >= 11 is 1.61. The van der Waals surface area contributed by atoms with Crippen LogP contribution < -0.4 is 4.31 Å². The van der Waals surface area contributed by atoms with E-state index < -0.39 is 10.0 Å². The molecule has 23 heavy (non-hydrogen) atoms. The van der Waals surface area contributed by atoms with Crippen molar-refractivity contribution in [3.8, 4) is 0 Å². The molecule has 0 atom stereocenters. The number of fused-ring (bicyclic) bond motifs is 2. The zero-order chi connectivity index (χ0) is 15.9. The molecule has 4 nitrogen and oxygen atoms in total. The number of sulfonamides is 1. The molecule has 2 aliphatic rings. The first kappa shape index (κ1) is 15.0. The van der Waals surface area contributed by atoms with Gasteiger partial charge in [-0.25, -0.2) is 13.4 Å². The average Bonchev–Trinajstić information content (AvgIpc) is 2.60. The lowest BCUT2D eigenvalue weighted by Gasteiger charge is -2.29. The molecule has 2 heterocycles. The molecule has 0 amide bonds. The van der Waals surface area contributed by atoms with Crippen LogP contribution in [0.15, 0.2) is 46.5 Å². The minimum atomic E-state index is -3.53. The second-order valence-electron chi connectivity index (χ2n) is 5.89. The van der Waals surface area contributed by atoms with Gasteiger partial charge in [-0.3, -0.25) is 4.31 Å². The fourth-order valence-corrected chi connectivity index (χ4v) is 5.90. The summed E-state index contributed by atoms with van der Waals surface area (Å²) in [7, 11) is -3.53. The van der Waals surface area contributed by atoms with Crippen LogP contribution in [0.3, 0.4) is 0 Å². The molecule has 1 aromatic carbocycles. The van der Waals surface area contributed by atoms with Gasteiger partial charge < -0.3 is 0 Å². The fourth-order valence-electron chi connectivity index (χ4n) is 3.28. The summed E-state index contributed by atoms with van der Waals surface area (Å²) in [5.41, 5.74) is 3.18. The summed E-state index contributed by atoms with van der Waals surface area (Å²) in [5, 5.41) is 0.792. The lowest BCUT2D eigenvalue weighted by atomic mass is 9.92. The molecule has 0 fully saturated rings. The predicted molar refractivity (Wildman–Crippen MR) is 92.6 cm³/mol. The monoisotopic (exact) mass is 346 g/mol. The van der Waals surface area contributed by atoms with Gasteiger partial charge in [-0.2, -0.15) is 0 Å². The molecule has 0 radical (unpaired) electrons. The molecule has 4 rings (SSSR count). The van der Waals surface area contributed by atoms with Gasteiger partial charge in [0.15, 0.2) is 0 Å². The molecule has 6 heteroatoms. The predicted octanol–water partition coefficient (Wildman–Crippen LogP) is 3.26. The van der Waals surface area contributed by atoms with E-state index in [-0.39, 0.29) is 0 Å². The zero-order valence-corrected chi connectivity index (χ0v) is 14.4. The highest BCUT2D eigenvalue weighted by molar-refractivity contribution is 7.99. The standard InChI is InChI=1S/C17H18N2O2S2/c20-23(21,15-8-7-13-4-1-2-5-14(13)12-15)19-10-11-22-17-16(19)6-3-9-18-17/h3,6-9,12H,1-2,4-5,10-11H2. The number of aromatic nitrogens is 1. The molecule has 0 saturated heterocycles. The molecule has 1 aromatic heterocycles. The van der Waals surface area contributed by atoms with Gasteiger partial charge in [-0.15, -0.1) is 11.8 Å². The van der Waals surface area contributed by atoms with Crippen LogP contribution in [0.25, 0.3) is 0 Å². The normalized spacial score (nSPS) is 17.5. The van der Waals surface area contributed by atoms with Gasteiger partial charge in [0, 0.05) is 18.5 Å². The molecule has 2 aromatic rings. The third-order valence-electron chi connectivity index (χ3n) is 4.46. The molecule has 120 valence electrons. The molecule has 0 bridgehead atoms. The van der Waals surface area contributed by atoms with Crippen LogP contribution in [0.4, 0.5) is 5.69 Å². The third-order valence-corrected chi connectivity index (χ3v) is 7.24. The summed E-state index contributed by atoms with van der Waals surface area (Å²) in [4.78, 5) is 4.71. The van der Waals surface area contributed by atoms with Crippen molar-refractivity contribution in [1.82, 2.24) is 4.98 Å². The van der Waals surface area contributed by atoms with E-state index in [4.69, 9.17) is 0 Å². The van der Waals surface area contributed by atoms with Gasteiger partial charge in [-0.1, -0.05) is 6.07 Å². The van der Waals surface area contributed by atoms with Crippen molar-refractivity contribution in [1.29, 1.82) is 0 Å². The van der Waals surface area contributed by atoms with Crippen molar-refractivity contribution < 1.29 is 8.42 Å². The highest BCUT2D eigenvalue weighted by atomic mass is 32.2. The van der Waals surface area contributed by atoms with Crippen molar-refractivity contribution in [2.45, 2.75) is 35.6 Å². The van der Waals surface area contributed by atoms with Gasteiger partial charge in [0.2, 0.25) is 0 Å². The quantitative estimate of drug-likeness (QED) is 0.837. The smallest absolute Gasteiger partial charge is 0.263 e. The molecular formula is C17H18N2O2S2. The summed E-state index contributed by atoms with van der Waals surface area (Å²) < 4.78 is 27.8. The number of hydrogen-bond acceptors (Lipinski definition) is 4. The molecule has 0 saturated carbocycles. The van der Waals surface area contributed by atoms with E-state index in [1.54, 1.807) is 30.1 Å². The second kappa shape index (κ2) is 5.83. The number of thioether (sulfide) groups is 1. The first-order chi connectivity index (χ1) is 11.2. The van der Waals surface area contributed by atoms with Crippen LogP contribution in [0.5, 0.6) is 0 Å². The fraction of sp³-hybridized carbons (Fsp3) is 0.353. The molecular weight excluding hydrogens is 328 g/mol. The van der Waals surface area contributed by atoms with E-state index in [0.29, 0.717) is 17.1 Å². The van der Waals surface area contributed by atoms with E-state index in [2.05, 4.69) is 4.98 Å². The highest BCUT2D eigenvalue weighted by Gasteiger charge is 2.30. The number of aryl methyl sites for hydroxylation is 2. The molecule has 1 aliphatic heterocycles. The Bertz CT molecular complexity index is 849. The van der Waals surface area contributed by atoms with Crippen molar-refractivity contribution >= 4 is 27.5 Å². The Kier molecular flexibility index (Phi) is 3.81. The Morgan fingerprint density at radius 2 is 1.91 bits per heavy atom. The highest BCUT2D eigenvalue weighted by Crippen LogP contribution is 2.36. The van der Waals surface area contributed by atoms with E-state index in [0.717, 1.165) is 30.0 Å². The molecule has 0 unspecified atom stereocenters. The van der Waals surface area contributed by atoms with E-state index in [1.165, 1.54) is 21.9 Å². The maximum atomic E-state index is 13.1. The summed E-state index contributed by atoms with van der Waals surface area (Å²) in [5.74, 6) is 0.730. The van der Waals surface area contributed by atoms with Gasteiger partial charge in [0.1, 0.15) is 5.03 Å². The Morgan fingerprint density at radius 1 is 1.09 bits per heavy atom. The maximum absolute atomic E-state index is 13.1. The average molecular weight is 346 g/mol. The van der Waals surface area contributed by atoms with Crippen LogP contribution in [0, 0.1) is 0 Å². The number of pyridine rings is 1. The Labute approximate surface area is 141 Å². The van der Waals surface area contributed by atoms with E-state index >= 15 is 0 Å². The van der Waals surface area contributed by atoms with Crippen molar-refractivity contribution in [2.24, 2.45) is 0 Å². The summed E-state index contributed by atoms with van der Waals surface area (Å²) in [6.07, 6.45) is 6.08. The van der Waals surface area contributed by atoms with E-state index in [9.17, 15) is 8.42 Å². The lowest BCUT2D eigenvalue weighted by Crippen LogP contribution is -2.35. The van der Waals surface area contributed by atoms with Gasteiger partial charge in [0.05, 0.1) is 10.6 Å². The number of benzene rings is 1. The topological polar surface area (TPSA) is 50.3 Å². The van der Waals surface area contributed by atoms with Gasteiger partial charge in [0.25, 0.3) is 10.0 Å².